The van der Waals surface area contributed by atoms with E-state index in [9.17, 15) is 19.5 Å². The van der Waals surface area contributed by atoms with Crippen molar-refractivity contribution in [1.82, 2.24) is 10.3 Å². The van der Waals surface area contributed by atoms with E-state index < -0.39 is 23.8 Å². The normalized spacial score (nSPS) is 11.6. The maximum atomic E-state index is 12.9. The number of benzene rings is 3. The van der Waals surface area contributed by atoms with E-state index in [4.69, 9.17) is 0 Å². The Kier molecular flexibility index (Phi) is 5.98. The van der Waals surface area contributed by atoms with Crippen LogP contribution in [0.4, 0.5) is 5.69 Å². The minimum Gasteiger partial charge on any atom is -0.480 e. The summed E-state index contributed by atoms with van der Waals surface area (Å²) in [7, 11) is 0. The van der Waals surface area contributed by atoms with Gasteiger partial charge >= 0.3 is 5.97 Å². The molecule has 32 heavy (non-hydrogen) atoms. The number of amides is 2. The van der Waals surface area contributed by atoms with E-state index >= 15 is 0 Å². The van der Waals surface area contributed by atoms with Crippen LogP contribution in [0.1, 0.15) is 26.4 Å². The van der Waals surface area contributed by atoms with Crippen molar-refractivity contribution in [3.05, 3.63) is 102 Å². The number of carbonyl (C=O) groups excluding carboxylic acids is 2. The standard InChI is InChI=1S/C25H21N3O4/c29-23(28-22(25(31)32)14-16-8-2-1-3-9-16)18-11-5-7-13-20(18)27-24(30)21-15-17-10-4-6-12-19(17)26-21/h1-13,15,22,26H,14H2,(H,27,30)(H,28,29)(H,31,32)/t22-/m1/s1. The second kappa shape index (κ2) is 9.18. The van der Waals surface area contributed by atoms with Gasteiger partial charge in [-0.05, 0) is 29.8 Å². The average molecular weight is 427 g/mol. The summed E-state index contributed by atoms with van der Waals surface area (Å²) < 4.78 is 0. The zero-order valence-corrected chi connectivity index (χ0v) is 17.0. The van der Waals surface area contributed by atoms with E-state index in [1.807, 2.05) is 42.5 Å². The Morgan fingerprint density at radius 2 is 1.53 bits per heavy atom. The lowest BCUT2D eigenvalue weighted by Gasteiger charge is -2.16. The highest BCUT2D eigenvalue weighted by atomic mass is 16.4. The lowest BCUT2D eigenvalue weighted by Crippen LogP contribution is -2.42. The molecule has 0 aliphatic heterocycles. The van der Waals surface area contributed by atoms with Gasteiger partial charge in [-0.3, -0.25) is 9.59 Å². The Labute approximate surface area is 184 Å². The summed E-state index contributed by atoms with van der Waals surface area (Å²) in [6.07, 6.45) is 0.144. The molecule has 0 radical (unpaired) electrons. The van der Waals surface area contributed by atoms with Crippen molar-refractivity contribution in [2.24, 2.45) is 0 Å². The molecule has 4 N–H and O–H groups in total. The van der Waals surface area contributed by atoms with Crippen molar-refractivity contribution in [2.45, 2.75) is 12.5 Å². The predicted molar refractivity (Wildman–Crippen MR) is 122 cm³/mol. The van der Waals surface area contributed by atoms with Crippen LogP contribution in [0, 0.1) is 0 Å². The van der Waals surface area contributed by atoms with Crippen molar-refractivity contribution in [3.63, 3.8) is 0 Å². The molecule has 0 unspecified atom stereocenters. The molecule has 7 heteroatoms. The van der Waals surface area contributed by atoms with Crippen molar-refractivity contribution < 1.29 is 19.5 Å². The van der Waals surface area contributed by atoms with Crippen LogP contribution in [-0.4, -0.2) is 33.9 Å². The summed E-state index contributed by atoms with van der Waals surface area (Å²) >= 11 is 0. The Hall–Kier alpha value is -4.39. The van der Waals surface area contributed by atoms with Gasteiger partial charge < -0.3 is 20.7 Å². The van der Waals surface area contributed by atoms with Crippen molar-refractivity contribution in [3.8, 4) is 0 Å². The maximum Gasteiger partial charge on any atom is 0.326 e. The second-order valence-corrected chi connectivity index (χ2v) is 7.32. The Morgan fingerprint density at radius 3 is 2.28 bits per heavy atom. The number of hydrogen-bond donors (Lipinski definition) is 4. The van der Waals surface area contributed by atoms with Crippen LogP contribution >= 0.6 is 0 Å². The number of carbonyl (C=O) groups is 3. The third-order valence-corrected chi connectivity index (χ3v) is 5.08. The van der Waals surface area contributed by atoms with Crippen molar-refractivity contribution >= 4 is 34.4 Å². The van der Waals surface area contributed by atoms with E-state index in [1.165, 1.54) is 6.07 Å². The highest BCUT2D eigenvalue weighted by Gasteiger charge is 2.23. The molecule has 3 aromatic carbocycles. The summed E-state index contributed by atoms with van der Waals surface area (Å²) in [4.78, 5) is 40.4. The molecule has 4 aromatic rings. The van der Waals surface area contributed by atoms with Crippen LogP contribution < -0.4 is 10.6 Å². The molecule has 0 saturated heterocycles. The minimum atomic E-state index is -1.14. The molecule has 2 amide bonds. The summed E-state index contributed by atoms with van der Waals surface area (Å²) in [5.41, 5.74) is 2.44. The topological polar surface area (TPSA) is 111 Å². The van der Waals surface area contributed by atoms with Crippen LogP contribution in [-0.2, 0) is 11.2 Å². The third-order valence-electron chi connectivity index (χ3n) is 5.08. The molecule has 0 aliphatic rings. The number of aliphatic carboxylic acids is 1. The number of hydrogen-bond acceptors (Lipinski definition) is 3. The van der Waals surface area contributed by atoms with E-state index in [-0.39, 0.29) is 17.7 Å². The van der Waals surface area contributed by atoms with Gasteiger partial charge in [0.15, 0.2) is 0 Å². The molecule has 0 aliphatic carbocycles. The number of aromatic amines is 1. The molecule has 160 valence electrons. The highest BCUT2D eigenvalue weighted by Crippen LogP contribution is 2.19. The molecule has 0 fully saturated rings. The Balaban J connectivity index is 1.52. The first-order chi connectivity index (χ1) is 15.5. The summed E-state index contributed by atoms with van der Waals surface area (Å²) in [5.74, 6) is -2.12. The number of aromatic nitrogens is 1. The SMILES string of the molecule is O=C(Nc1ccccc1C(=O)N[C@H](Cc1ccccc1)C(=O)O)c1cc2ccccc2[nH]1. The van der Waals surface area contributed by atoms with Gasteiger partial charge in [0.05, 0.1) is 11.3 Å². The first-order valence-electron chi connectivity index (χ1n) is 10.1. The van der Waals surface area contributed by atoms with Crippen LogP contribution in [0.2, 0.25) is 0 Å². The number of fused-ring (bicyclic) bond motifs is 1. The third kappa shape index (κ3) is 4.67. The minimum absolute atomic E-state index is 0.144. The molecular formula is C25H21N3O4. The molecule has 1 atom stereocenters. The van der Waals surface area contributed by atoms with Gasteiger partial charge in [-0.2, -0.15) is 0 Å². The van der Waals surface area contributed by atoms with Gasteiger partial charge in [0.25, 0.3) is 11.8 Å². The average Bonchev–Trinajstić information content (AvgIpc) is 3.24. The van der Waals surface area contributed by atoms with Crippen LogP contribution in [0.25, 0.3) is 10.9 Å². The largest absolute Gasteiger partial charge is 0.480 e. The molecular weight excluding hydrogens is 406 g/mol. The molecule has 0 saturated carbocycles. The molecule has 0 bridgehead atoms. The van der Waals surface area contributed by atoms with E-state index in [0.29, 0.717) is 5.69 Å². The number of carboxylic acids is 1. The van der Waals surface area contributed by atoms with Gasteiger partial charge in [-0.1, -0.05) is 60.7 Å². The van der Waals surface area contributed by atoms with Gasteiger partial charge in [0.1, 0.15) is 11.7 Å². The number of para-hydroxylation sites is 2. The lowest BCUT2D eigenvalue weighted by molar-refractivity contribution is -0.139. The number of anilines is 1. The first-order valence-corrected chi connectivity index (χ1v) is 10.1. The van der Waals surface area contributed by atoms with Crippen molar-refractivity contribution in [2.75, 3.05) is 5.32 Å². The Morgan fingerprint density at radius 1 is 0.844 bits per heavy atom. The lowest BCUT2D eigenvalue weighted by atomic mass is 10.1. The predicted octanol–water partition coefficient (Wildman–Crippen LogP) is 3.85. The van der Waals surface area contributed by atoms with Gasteiger partial charge in [-0.25, -0.2) is 4.79 Å². The van der Waals surface area contributed by atoms with Gasteiger partial charge in [0, 0.05) is 17.3 Å². The Bertz CT molecular complexity index is 1250. The molecule has 4 rings (SSSR count). The molecule has 7 nitrogen and oxygen atoms in total. The zero-order chi connectivity index (χ0) is 22.5. The fourth-order valence-electron chi connectivity index (χ4n) is 3.46. The number of nitrogens with one attached hydrogen (secondary N) is 3. The van der Waals surface area contributed by atoms with Crippen molar-refractivity contribution in [1.29, 1.82) is 0 Å². The van der Waals surface area contributed by atoms with E-state index in [2.05, 4.69) is 15.6 Å². The van der Waals surface area contributed by atoms with Crippen LogP contribution in [0.15, 0.2) is 84.9 Å². The summed E-state index contributed by atoms with van der Waals surface area (Å²) in [6.45, 7) is 0. The fraction of sp³-hybridized carbons (Fsp3) is 0.0800. The number of rotatable bonds is 7. The molecule has 1 aromatic heterocycles. The number of H-pyrrole nitrogens is 1. The van der Waals surface area contributed by atoms with E-state index in [0.717, 1.165) is 16.5 Å². The molecule has 0 spiro atoms. The maximum absolute atomic E-state index is 12.9. The zero-order valence-electron chi connectivity index (χ0n) is 17.0. The smallest absolute Gasteiger partial charge is 0.326 e. The summed E-state index contributed by atoms with van der Waals surface area (Å²) in [5, 5.41) is 15.8. The highest BCUT2D eigenvalue weighted by molar-refractivity contribution is 6.10. The fourth-order valence-corrected chi connectivity index (χ4v) is 3.46. The quantitative estimate of drug-likeness (QED) is 0.359. The van der Waals surface area contributed by atoms with Gasteiger partial charge in [0.2, 0.25) is 0 Å². The van der Waals surface area contributed by atoms with Gasteiger partial charge in [-0.15, -0.1) is 0 Å². The number of carboxylic acid groups (broad SMARTS) is 1. The second-order valence-electron chi connectivity index (χ2n) is 7.32. The summed E-state index contributed by atoms with van der Waals surface area (Å²) in [6, 6.07) is 23.7. The monoisotopic (exact) mass is 427 g/mol. The van der Waals surface area contributed by atoms with Crippen LogP contribution in [0.5, 0.6) is 0 Å². The molecule has 1 heterocycles. The van der Waals surface area contributed by atoms with E-state index in [1.54, 1.807) is 36.4 Å². The van der Waals surface area contributed by atoms with Crippen LogP contribution in [0.3, 0.4) is 0 Å². The first kappa shape index (κ1) is 20.9.